The number of aliphatic hydroxyl groups excluding tert-OH is 1. The molecule has 0 bridgehead atoms. The minimum absolute atomic E-state index is 0.283. The average Bonchev–Trinajstić information content (AvgIpc) is 2.29. The highest BCUT2D eigenvalue weighted by molar-refractivity contribution is 5.37. The molecule has 2 heterocycles. The van der Waals surface area contributed by atoms with Crippen molar-refractivity contribution in [1.82, 2.24) is 9.97 Å². The summed E-state index contributed by atoms with van der Waals surface area (Å²) in [6, 6.07) is 1.68. The quantitative estimate of drug-likeness (QED) is 0.729. The standard InChI is InChI=1S/C10H16N4O/c11-9-1-4-12-10(13-9)14-5-2-8(7-15)3-6-14/h1,4,8,15H,2-3,5-7H2,(H2,11,12,13). The maximum atomic E-state index is 9.02. The van der Waals surface area contributed by atoms with Gasteiger partial charge in [-0.3, -0.25) is 0 Å². The van der Waals surface area contributed by atoms with Gasteiger partial charge in [0.1, 0.15) is 5.82 Å². The van der Waals surface area contributed by atoms with Crippen LogP contribution >= 0.6 is 0 Å². The van der Waals surface area contributed by atoms with Gasteiger partial charge >= 0.3 is 0 Å². The third-order valence-corrected chi connectivity index (χ3v) is 2.82. The second kappa shape index (κ2) is 4.44. The van der Waals surface area contributed by atoms with Gasteiger partial charge in [-0.1, -0.05) is 0 Å². The molecule has 1 saturated heterocycles. The molecule has 82 valence electrons. The number of nitrogen functional groups attached to an aromatic ring is 1. The lowest BCUT2D eigenvalue weighted by Gasteiger charge is -2.30. The fourth-order valence-electron chi connectivity index (χ4n) is 1.83. The van der Waals surface area contributed by atoms with Crippen molar-refractivity contribution in [3.8, 4) is 0 Å². The van der Waals surface area contributed by atoms with E-state index >= 15 is 0 Å². The van der Waals surface area contributed by atoms with Gasteiger partial charge in [-0.15, -0.1) is 0 Å². The van der Waals surface area contributed by atoms with E-state index in [-0.39, 0.29) is 6.61 Å². The lowest BCUT2D eigenvalue weighted by molar-refractivity contribution is 0.202. The van der Waals surface area contributed by atoms with Gasteiger partial charge in [0.2, 0.25) is 5.95 Å². The summed E-state index contributed by atoms with van der Waals surface area (Å²) < 4.78 is 0. The maximum Gasteiger partial charge on any atom is 0.227 e. The Morgan fingerprint density at radius 1 is 1.47 bits per heavy atom. The fraction of sp³-hybridized carbons (Fsp3) is 0.600. The van der Waals surface area contributed by atoms with E-state index in [1.807, 2.05) is 0 Å². The molecule has 0 spiro atoms. The van der Waals surface area contributed by atoms with Crippen LogP contribution < -0.4 is 10.6 Å². The van der Waals surface area contributed by atoms with Crippen LogP contribution in [0.5, 0.6) is 0 Å². The zero-order valence-corrected chi connectivity index (χ0v) is 8.63. The molecule has 1 aliphatic rings. The molecule has 0 radical (unpaired) electrons. The number of rotatable bonds is 2. The van der Waals surface area contributed by atoms with E-state index in [2.05, 4.69) is 14.9 Å². The zero-order chi connectivity index (χ0) is 10.7. The van der Waals surface area contributed by atoms with Crippen molar-refractivity contribution < 1.29 is 5.11 Å². The molecule has 1 aromatic heterocycles. The maximum absolute atomic E-state index is 9.02. The number of anilines is 2. The molecule has 0 saturated carbocycles. The molecule has 0 aromatic carbocycles. The topological polar surface area (TPSA) is 75.3 Å². The van der Waals surface area contributed by atoms with Crippen LogP contribution in [-0.4, -0.2) is 34.8 Å². The summed E-state index contributed by atoms with van der Waals surface area (Å²) >= 11 is 0. The first kappa shape index (κ1) is 10.2. The van der Waals surface area contributed by atoms with Crippen LogP contribution in [0.25, 0.3) is 0 Å². The van der Waals surface area contributed by atoms with E-state index < -0.39 is 0 Å². The first-order valence-corrected chi connectivity index (χ1v) is 5.24. The lowest BCUT2D eigenvalue weighted by Crippen LogP contribution is -2.35. The van der Waals surface area contributed by atoms with Crippen molar-refractivity contribution in [2.24, 2.45) is 5.92 Å². The summed E-state index contributed by atoms with van der Waals surface area (Å²) in [6.45, 7) is 2.08. The first-order chi connectivity index (χ1) is 7.29. The number of piperidine rings is 1. The number of hydrogen-bond donors (Lipinski definition) is 2. The molecule has 0 atom stereocenters. The predicted octanol–water partition coefficient (Wildman–Crippen LogP) is 0.267. The Labute approximate surface area is 88.9 Å². The van der Waals surface area contributed by atoms with Crippen molar-refractivity contribution in [3.63, 3.8) is 0 Å². The van der Waals surface area contributed by atoms with Crippen LogP contribution in [0.1, 0.15) is 12.8 Å². The normalized spacial score (nSPS) is 18.1. The average molecular weight is 208 g/mol. The van der Waals surface area contributed by atoms with Gasteiger partial charge in [-0.05, 0) is 24.8 Å². The lowest BCUT2D eigenvalue weighted by atomic mass is 9.98. The highest BCUT2D eigenvalue weighted by Crippen LogP contribution is 2.20. The third kappa shape index (κ3) is 2.36. The Morgan fingerprint density at radius 2 is 2.20 bits per heavy atom. The molecular formula is C10H16N4O. The first-order valence-electron chi connectivity index (χ1n) is 5.24. The van der Waals surface area contributed by atoms with Crippen LogP contribution in [0, 0.1) is 5.92 Å². The molecule has 5 nitrogen and oxygen atoms in total. The summed E-state index contributed by atoms with van der Waals surface area (Å²) in [4.78, 5) is 10.5. The second-order valence-electron chi connectivity index (χ2n) is 3.89. The smallest absolute Gasteiger partial charge is 0.227 e. The molecule has 1 fully saturated rings. The Hall–Kier alpha value is -1.36. The minimum atomic E-state index is 0.283. The second-order valence-corrected chi connectivity index (χ2v) is 3.89. The molecule has 3 N–H and O–H groups in total. The minimum Gasteiger partial charge on any atom is -0.396 e. The van der Waals surface area contributed by atoms with Crippen molar-refractivity contribution in [2.75, 3.05) is 30.3 Å². The van der Waals surface area contributed by atoms with E-state index in [0.717, 1.165) is 25.9 Å². The highest BCUT2D eigenvalue weighted by atomic mass is 16.3. The van der Waals surface area contributed by atoms with Gasteiger partial charge < -0.3 is 15.7 Å². The van der Waals surface area contributed by atoms with E-state index in [0.29, 0.717) is 17.7 Å². The molecule has 0 unspecified atom stereocenters. The van der Waals surface area contributed by atoms with Crippen molar-refractivity contribution in [3.05, 3.63) is 12.3 Å². The molecule has 15 heavy (non-hydrogen) atoms. The molecule has 0 aliphatic carbocycles. The van der Waals surface area contributed by atoms with Crippen LogP contribution in [0.15, 0.2) is 12.3 Å². The highest BCUT2D eigenvalue weighted by Gasteiger charge is 2.20. The fourth-order valence-corrected chi connectivity index (χ4v) is 1.83. The largest absolute Gasteiger partial charge is 0.396 e. The summed E-state index contributed by atoms with van der Waals surface area (Å²) in [5.74, 6) is 1.64. The van der Waals surface area contributed by atoms with Crippen molar-refractivity contribution in [2.45, 2.75) is 12.8 Å². The Morgan fingerprint density at radius 3 is 2.80 bits per heavy atom. The number of aliphatic hydroxyl groups is 1. The third-order valence-electron chi connectivity index (χ3n) is 2.82. The zero-order valence-electron chi connectivity index (χ0n) is 8.63. The molecule has 0 amide bonds. The van der Waals surface area contributed by atoms with Crippen LogP contribution in [0.4, 0.5) is 11.8 Å². The van der Waals surface area contributed by atoms with E-state index in [1.54, 1.807) is 12.3 Å². The van der Waals surface area contributed by atoms with E-state index in [9.17, 15) is 0 Å². The van der Waals surface area contributed by atoms with Gasteiger partial charge in [0.15, 0.2) is 0 Å². The van der Waals surface area contributed by atoms with Crippen LogP contribution in [-0.2, 0) is 0 Å². The summed E-state index contributed by atoms with van der Waals surface area (Å²) in [5.41, 5.74) is 5.60. The van der Waals surface area contributed by atoms with Gasteiger partial charge in [0, 0.05) is 25.9 Å². The molecule has 5 heteroatoms. The number of hydrogen-bond acceptors (Lipinski definition) is 5. The summed E-state index contributed by atoms with van der Waals surface area (Å²) in [7, 11) is 0. The van der Waals surface area contributed by atoms with E-state index in [4.69, 9.17) is 10.8 Å². The van der Waals surface area contributed by atoms with Crippen LogP contribution in [0.2, 0.25) is 0 Å². The van der Waals surface area contributed by atoms with E-state index in [1.165, 1.54) is 0 Å². The monoisotopic (exact) mass is 208 g/mol. The Kier molecular flexibility index (Phi) is 3.01. The SMILES string of the molecule is Nc1ccnc(N2CCC(CO)CC2)n1. The molecular weight excluding hydrogens is 192 g/mol. The number of aromatic nitrogens is 2. The van der Waals surface area contributed by atoms with Gasteiger partial charge in [-0.25, -0.2) is 4.98 Å². The molecule has 2 rings (SSSR count). The number of nitrogens with zero attached hydrogens (tertiary/aromatic N) is 3. The van der Waals surface area contributed by atoms with Gasteiger partial charge in [0.05, 0.1) is 0 Å². The molecule has 1 aliphatic heterocycles. The van der Waals surface area contributed by atoms with Crippen molar-refractivity contribution in [1.29, 1.82) is 0 Å². The van der Waals surface area contributed by atoms with Gasteiger partial charge in [-0.2, -0.15) is 4.98 Å². The Bertz CT molecular complexity index is 323. The summed E-state index contributed by atoms with van der Waals surface area (Å²) in [5, 5.41) is 9.02. The van der Waals surface area contributed by atoms with Crippen LogP contribution in [0.3, 0.4) is 0 Å². The van der Waals surface area contributed by atoms with Crippen molar-refractivity contribution >= 4 is 11.8 Å². The molecule has 1 aromatic rings. The number of nitrogens with two attached hydrogens (primary N) is 1. The Balaban J connectivity index is 2.01. The van der Waals surface area contributed by atoms with Gasteiger partial charge in [0.25, 0.3) is 0 Å². The summed E-state index contributed by atoms with van der Waals surface area (Å²) in [6.07, 6.45) is 3.67. The predicted molar refractivity (Wildman–Crippen MR) is 58.5 cm³/mol.